The van der Waals surface area contributed by atoms with Crippen LogP contribution < -0.4 is 4.90 Å². The van der Waals surface area contributed by atoms with Crippen molar-refractivity contribution in [3.63, 3.8) is 0 Å². The van der Waals surface area contributed by atoms with E-state index in [1.54, 1.807) is 0 Å². The monoisotopic (exact) mass is 536 g/mol. The van der Waals surface area contributed by atoms with Gasteiger partial charge in [0.25, 0.3) is 0 Å². The van der Waals surface area contributed by atoms with E-state index in [4.69, 9.17) is 0 Å². The Bertz CT molecular complexity index is 2080. The number of anilines is 3. The molecule has 0 aliphatic rings. The minimum absolute atomic E-state index is 1.12. The molecule has 0 unspecified atom stereocenters. The summed E-state index contributed by atoms with van der Waals surface area (Å²) in [5, 5.41) is 5.01. The summed E-state index contributed by atoms with van der Waals surface area (Å²) in [6.45, 7) is 0. The lowest BCUT2D eigenvalue weighted by Gasteiger charge is -2.25. The molecule has 2 nitrogen and oxygen atoms in total. The zero-order chi connectivity index (χ0) is 27.9. The molecule has 7 aromatic carbocycles. The molecule has 0 aliphatic carbocycles. The summed E-state index contributed by atoms with van der Waals surface area (Å²) in [7, 11) is 0. The van der Waals surface area contributed by atoms with Gasteiger partial charge in [0.05, 0.1) is 16.7 Å². The highest BCUT2D eigenvalue weighted by molar-refractivity contribution is 6.11. The highest BCUT2D eigenvalue weighted by atomic mass is 15.1. The predicted octanol–water partition coefficient (Wildman–Crippen LogP) is 11.1. The number of hydrogen-bond acceptors (Lipinski definition) is 1. The Morgan fingerprint density at radius 1 is 0.357 bits per heavy atom. The van der Waals surface area contributed by atoms with Crippen molar-refractivity contribution in [3.8, 4) is 16.8 Å². The molecule has 0 saturated heterocycles. The highest BCUT2D eigenvalue weighted by Crippen LogP contribution is 2.41. The van der Waals surface area contributed by atoms with Gasteiger partial charge in [-0.05, 0) is 70.9 Å². The summed E-state index contributed by atoms with van der Waals surface area (Å²) in [5.74, 6) is 0. The van der Waals surface area contributed by atoms with E-state index in [2.05, 4.69) is 179 Å². The van der Waals surface area contributed by atoms with Crippen LogP contribution in [0, 0.1) is 0 Å². The maximum atomic E-state index is 2.43. The summed E-state index contributed by atoms with van der Waals surface area (Å²) < 4.78 is 2.43. The topological polar surface area (TPSA) is 8.17 Å². The number of fused-ring (bicyclic) bond motifs is 4. The highest BCUT2D eigenvalue weighted by Gasteiger charge is 2.18. The first-order valence-electron chi connectivity index (χ1n) is 14.4. The van der Waals surface area contributed by atoms with Gasteiger partial charge in [-0.2, -0.15) is 0 Å². The average molecular weight is 537 g/mol. The fourth-order valence-electron chi connectivity index (χ4n) is 6.31. The van der Waals surface area contributed by atoms with E-state index in [0.29, 0.717) is 0 Å². The summed E-state index contributed by atoms with van der Waals surface area (Å²) in [5.41, 5.74) is 9.42. The van der Waals surface area contributed by atoms with Crippen LogP contribution >= 0.6 is 0 Å². The van der Waals surface area contributed by atoms with Gasteiger partial charge >= 0.3 is 0 Å². The van der Waals surface area contributed by atoms with Gasteiger partial charge in [-0.25, -0.2) is 0 Å². The van der Waals surface area contributed by atoms with Crippen molar-refractivity contribution in [1.82, 2.24) is 4.57 Å². The number of para-hydroxylation sites is 4. The van der Waals surface area contributed by atoms with Crippen molar-refractivity contribution in [2.75, 3.05) is 4.90 Å². The third-order valence-corrected chi connectivity index (χ3v) is 8.17. The average Bonchev–Trinajstić information content (AvgIpc) is 3.40. The van der Waals surface area contributed by atoms with E-state index in [1.807, 2.05) is 0 Å². The number of nitrogens with zero attached hydrogens (tertiary/aromatic N) is 2. The van der Waals surface area contributed by atoms with Crippen molar-refractivity contribution < 1.29 is 0 Å². The maximum absolute atomic E-state index is 2.43. The van der Waals surface area contributed by atoms with Crippen LogP contribution in [0.15, 0.2) is 170 Å². The molecule has 2 heteroatoms. The standard InChI is InChI=1S/C40H28N2/c1-3-14-31(15-4-1)41(32-16-5-2-6-17-32)33-26-23-30(24-27-33)40-34-18-8-7-13-29(34)25-28-39(40)42-37-21-11-9-19-35(37)36-20-10-12-22-38(36)42/h1-28H. The lowest BCUT2D eigenvalue weighted by molar-refractivity contribution is 1.19. The van der Waals surface area contributed by atoms with Gasteiger partial charge in [0.15, 0.2) is 0 Å². The van der Waals surface area contributed by atoms with Crippen LogP contribution in [-0.2, 0) is 0 Å². The first-order valence-corrected chi connectivity index (χ1v) is 14.4. The number of rotatable bonds is 5. The normalized spacial score (nSPS) is 11.3. The van der Waals surface area contributed by atoms with Crippen molar-refractivity contribution >= 4 is 49.6 Å². The van der Waals surface area contributed by atoms with Crippen LogP contribution in [0.1, 0.15) is 0 Å². The second-order valence-electron chi connectivity index (χ2n) is 10.6. The first kappa shape index (κ1) is 24.2. The Hall–Kier alpha value is -5.60. The molecule has 0 bridgehead atoms. The van der Waals surface area contributed by atoms with Crippen LogP contribution in [0.5, 0.6) is 0 Å². The molecule has 0 N–H and O–H groups in total. The number of benzene rings is 7. The van der Waals surface area contributed by atoms with E-state index in [9.17, 15) is 0 Å². The zero-order valence-electron chi connectivity index (χ0n) is 23.1. The molecule has 1 heterocycles. The van der Waals surface area contributed by atoms with E-state index >= 15 is 0 Å². The van der Waals surface area contributed by atoms with Gasteiger partial charge in [0, 0.05) is 33.4 Å². The molecule has 0 amide bonds. The predicted molar refractivity (Wildman–Crippen MR) is 178 cm³/mol. The number of aromatic nitrogens is 1. The third-order valence-electron chi connectivity index (χ3n) is 8.17. The lowest BCUT2D eigenvalue weighted by atomic mass is 9.95. The maximum Gasteiger partial charge on any atom is 0.0547 e. The van der Waals surface area contributed by atoms with Gasteiger partial charge < -0.3 is 9.47 Å². The molecule has 0 aliphatic heterocycles. The van der Waals surface area contributed by atoms with Crippen LogP contribution in [0.2, 0.25) is 0 Å². The Morgan fingerprint density at radius 3 is 1.43 bits per heavy atom. The minimum atomic E-state index is 1.12. The van der Waals surface area contributed by atoms with Gasteiger partial charge in [-0.15, -0.1) is 0 Å². The van der Waals surface area contributed by atoms with Crippen molar-refractivity contribution in [3.05, 3.63) is 170 Å². The first-order chi connectivity index (χ1) is 20.9. The quantitative estimate of drug-likeness (QED) is 0.212. The van der Waals surface area contributed by atoms with Crippen molar-refractivity contribution in [2.45, 2.75) is 0 Å². The number of hydrogen-bond donors (Lipinski definition) is 0. The Labute approximate surface area is 245 Å². The van der Waals surface area contributed by atoms with Crippen LogP contribution in [-0.4, -0.2) is 4.57 Å². The van der Waals surface area contributed by atoms with Crippen LogP contribution in [0.4, 0.5) is 17.1 Å². The molecule has 0 fully saturated rings. The molecule has 8 rings (SSSR count). The minimum Gasteiger partial charge on any atom is -0.311 e. The zero-order valence-corrected chi connectivity index (χ0v) is 23.1. The van der Waals surface area contributed by atoms with E-state index in [0.717, 1.165) is 17.1 Å². The van der Waals surface area contributed by atoms with E-state index < -0.39 is 0 Å². The lowest BCUT2D eigenvalue weighted by Crippen LogP contribution is -2.09. The second-order valence-corrected chi connectivity index (χ2v) is 10.6. The van der Waals surface area contributed by atoms with Gasteiger partial charge in [0.2, 0.25) is 0 Å². The summed E-state index contributed by atoms with van der Waals surface area (Å²) >= 11 is 0. The smallest absolute Gasteiger partial charge is 0.0547 e. The molecule has 0 atom stereocenters. The Kier molecular flexibility index (Phi) is 5.82. The fourth-order valence-corrected chi connectivity index (χ4v) is 6.31. The molecule has 42 heavy (non-hydrogen) atoms. The molecule has 8 aromatic rings. The summed E-state index contributed by atoms with van der Waals surface area (Å²) in [6, 6.07) is 60.8. The molecular weight excluding hydrogens is 508 g/mol. The fraction of sp³-hybridized carbons (Fsp3) is 0. The molecule has 1 aromatic heterocycles. The Morgan fingerprint density at radius 2 is 0.833 bits per heavy atom. The van der Waals surface area contributed by atoms with Gasteiger partial charge in [-0.1, -0.05) is 115 Å². The summed E-state index contributed by atoms with van der Waals surface area (Å²) in [6.07, 6.45) is 0. The molecule has 0 saturated carbocycles. The van der Waals surface area contributed by atoms with E-state index in [-0.39, 0.29) is 0 Å². The van der Waals surface area contributed by atoms with Crippen molar-refractivity contribution in [2.24, 2.45) is 0 Å². The van der Waals surface area contributed by atoms with Crippen LogP contribution in [0.3, 0.4) is 0 Å². The molecular formula is C40H28N2. The Balaban J connectivity index is 1.35. The summed E-state index contributed by atoms with van der Waals surface area (Å²) in [4.78, 5) is 2.31. The van der Waals surface area contributed by atoms with E-state index in [1.165, 1.54) is 49.4 Å². The molecule has 198 valence electrons. The van der Waals surface area contributed by atoms with Crippen LogP contribution in [0.25, 0.3) is 49.4 Å². The van der Waals surface area contributed by atoms with Gasteiger partial charge in [-0.3, -0.25) is 0 Å². The van der Waals surface area contributed by atoms with Crippen molar-refractivity contribution in [1.29, 1.82) is 0 Å². The molecule has 0 spiro atoms. The molecule has 0 radical (unpaired) electrons. The third kappa shape index (κ3) is 3.96. The largest absolute Gasteiger partial charge is 0.311 e. The SMILES string of the molecule is c1ccc(N(c2ccccc2)c2ccc(-c3c(-n4c5ccccc5c5ccccc54)ccc4ccccc34)cc2)cc1. The van der Waals surface area contributed by atoms with Gasteiger partial charge in [0.1, 0.15) is 0 Å². The second kappa shape index (κ2) is 10.1.